The number of anilines is 1. The van der Waals surface area contributed by atoms with Crippen molar-refractivity contribution in [2.75, 3.05) is 25.3 Å². The summed E-state index contributed by atoms with van der Waals surface area (Å²) in [6, 6.07) is 2.45. The van der Waals surface area contributed by atoms with Crippen LogP contribution in [0.4, 0.5) is 14.9 Å². The molecule has 1 aromatic carbocycles. The van der Waals surface area contributed by atoms with Gasteiger partial charge >= 0.3 is 6.09 Å². The van der Waals surface area contributed by atoms with Crippen molar-refractivity contribution in [3.8, 4) is 5.75 Å². The molecule has 3 saturated heterocycles. The van der Waals surface area contributed by atoms with Crippen molar-refractivity contribution < 1.29 is 37.7 Å². The van der Waals surface area contributed by atoms with E-state index in [0.29, 0.717) is 30.7 Å². The molecule has 4 unspecified atom stereocenters. The first-order valence-corrected chi connectivity index (χ1v) is 10.5. The van der Waals surface area contributed by atoms with E-state index in [4.69, 9.17) is 18.9 Å². The Bertz CT molecular complexity index is 895. The summed E-state index contributed by atoms with van der Waals surface area (Å²) in [6.07, 6.45) is 1.72. The van der Waals surface area contributed by atoms with E-state index in [-0.39, 0.29) is 61.6 Å². The Morgan fingerprint density at radius 3 is 2.65 bits per heavy atom. The molecule has 3 fully saturated rings. The molecule has 0 radical (unpaired) electrons. The Hall–Kier alpha value is -2.72. The number of hydrogen-bond acceptors (Lipinski definition) is 7. The number of hydrogen-bond donors (Lipinski definition) is 1. The number of amides is 3. The minimum absolute atomic E-state index is 0.0195. The zero-order chi connectivity index (χ0) is 21.5. The van der Waals surface area contributed by atoms with Crippen LogP contribution in [-0.4, -0.2) is 55.0 Å². The van der Waals surface area contributed by atoms with Crippen molar-refractivity contribution >= 4 is 23.6 Å². The molecular weight excluding hydrogens is 411 g/mol. The van der Waals surface area contributed by atoms with E-state index >= 15 is 0 Å². The van der Waals surface area contributed by atoms with E-state index in [1.807, 2.05) is 0 Å². The quantitative estimate of drug-likeness (QED) is 0.541. The van der Waals surface area contributed by atoms with Gasteiger partial charge in [-0.1, -0.05) is 0 Å². The molecule has 0 aliphatic carbocycles. The SMILES string of the molecule is O=C(Nc1cc(F)cc2c1OCOC2)OCCCCN1C(=O)C2C3CCC(O3)C2C1=O. The number of fused-ring (bicyclic) bond motifs is 6. The molecule has 31 heavy (non-hydrogen) atoms. The van der Waals surface area contributed by atoms with Crippen molar-refractivity contribution in [2.24, 2.45) is 11.8 Å². The number of carbonyl (C=O) groups is 3. The van der Waals surface area contributed by atoms with Crippen molar-refractivity contribution in [1.82, 2.24) is 4.90 Å². The average molecular weight is 434 g/mol. The first-order valence-electron chi connectivity index (χ1n) is 10.5. The zero-order valence-electron chi connectivity index (χ0n) is 16.8. The molecule has 166 valence electrons. The predicted octanol–water partition coefficient (Wildman–Crippen LogP) is 2.18. The van der Waals surface area contributed by atoms with Crippen LogP contribution in [0.15, 0.2) is 12.1 Å². The van der Waals surface area contributed by atoms with Crippen LogP contribution in [0.2, 0.25) is 0 Å². The summed E-state index contributed by atoms with van der Waals surface area (Å²) in [5.74, 6) is -1.08. The van der Waals surface area contributed by atoms with E-state index in [1.165, 1.54) is 11.0 Å². The third-order valence-electron chi connectivity index (χ3n) is 6.30. The molecule has 4 aliphatic rings. The Balaban J connectivity index is 1.07. The summed E-state index contributed by atoms with van der Waals surface area (Å²) >= 11 is 0. The highest BCUT2D eigenvalue weighted by Gasteiger charge is 2.62. The van der Waals surface area contributed by atoms with E-state index < -0.39 is 11.9 Å². The van der Waals surface area contributed by atoms with Gasteiger partial charge in [-0.3, -0.25) is 19.8 Å². The predicted molar refractivity (Wildman–Crippen MR) is 102 cm³/mol. The summed E-state index contributed by atoms with van der Waals surface area (Å²) in [5, 5.41) is 2.49. The standard InChI is InChI=1S/C21H23FN2O7/c22-12-7-11-9-28-10-30-18(11)13(8-12)23-21(27)29-6-2-1-5-24-19(25)16-14-3-4-15(31-14)17(16)20(24)26/h7-8,14-17H,1-6,9-10H2,(H,23,27). The zero-order valence-corrected chi connectivity index (χ0v) is 16.8. The van der Waals surface area contributed by atoms with Crippen LogP contribution in [-0.2, 0) is 30.4 Å². The molecule has 4 heterocycles. The van der Waals surface area contributed by atoms with Gasteiger partial charge in [0.1, 0.15) is 5.82 Å². The number of benzene rings is 1. The van der Waals surface area contributed by atoms with Gasteiger partial charge in [0.15, 0.2) is 12.5 Å². The molecule has 3 amide bonds. The van der Waals surface area contributed by atoms with Gasteiger partial charge < -0.3 is 18.9 Å². The van der Waals surface area contributed by atoms with Gasteiger partial charge in [-0.2, -0.15) is 0 Å². The highest BCUT2D eigenvalue weighted by molar-refractivity contribution is 6.06. The van der Waals surface area contributed by atoms with Crippen LogP contribution in [0.1, 0.15) is 31.2 Å². The number of imide groups is 1. The second-order valence-corrected chi connectivity index (χ2v) is 8.19. The third kappa shape index (κ3) is 3.63. The normalized spacial score (nSPS) is 28.4. The Morgan fingerprint density at radius 2 is 1.90 bits per heavy atom. The van der Waals surface area contributed by atoms with Gasteiger partial charge in [-0.05, 0) is 31.7 Å². The van der Waals surface area contributed by atoms with Crippen LogP contribution >= 0.6 is 0 Å². The molecule has 0 aromatic heterocycles. The smallest absolute Gasteiger partial charge is 0.411 e. The second kappa shape index (κ2) is 8.08. The maximum absolute atomic E-state index is 13.7. The minimum atomic E-state index is -0.737. The molecule has 1 N–H and O–H groups in total. The lowest BCUT2D eigenvalue weighted by Gasteiger charge is -2.21. The fourth-order valence-electron chi connectivity index (χ4n) is 4.95. The second-order valence-electron chi connectivity index (χ2n) is 8.19. The summed E-state index contributed by atoms with van der Waals surface area (Å²) in [5.41, 5.74) is 0.685. The van der Waals surface area contributed by atoms with Gasteiger partial charge in [0, 0.05) is 18.2 Å². The van der Waals surface area contributed by atoms with Gasteiger partial charge in [-0.25, -0.2) is 9.18 Å². The lowest BCUT2D eigenvalue weighted by atomic mass is 9.81. The molecule has 4 atom stereocenters. The van der Waals surface area contributed by atoms with E-state index in [1.54, 1.807) is 0 Å². The van der Waals surface area contributed by atoms with Crippen LogP contribution in [0.5, 0.6) is 5.75 Å². The number of carbonyl (C=O) groups excluding carboxylic acids is 3. The average Bonchev–Trinajstić information content (AvgIpc) is 3.43. The first kappa shape index (κ1) is 20.2. The molecule has 4 aliphatic heterocycles. The highest BCUT2D eigenvalue weighted by atomic mass is 19.1. The lowest BCUT2D eigenvalue weighted by molar-refractivity contribution is -0.142. The number of likely N-dealkylation sites (tertiary alicyclic amines) is 1. The summed E-state index contributed by atoms with van der Waals surface area (Å²) < 4.78 is 35.0. The third-order valence-corrected chi connectivity index (χ3v) is 6.30. The van der Waals surface area contributed by atoms with Crippen LogP contribution in [0.3, 0.4) is 0 Å². The fraction of sp³-hybridized carbons (Fsp3) is 0.571. The minimum Gasteiger partial charge on any atom is -0.465 e. The summed E-state index contributed by atoms with van der Waals surface area (Å²) in [4.78, 5) is 38.6. The molecule has 5 rings (SSSR count). The molecule has 0 spiro atoms. The summed E-state index contributed by atoms with van der Waals surface area (Å²) in [6.45, 7) is 0.622. The Morgan fingerprint density at radius 1 is 1.16 bits per heavy atom. The number of nitrogens with zero attached hydrogens (tertiary/aromatic N) is 1. The first-order chi connectivity index (χ1) is 15.0. The van der Waals surface area contributed by atoms with Gasteiger partial charge in [0.2, 0.25) is 11.8 Å². The molecular formula is C21H23FN2O7. The molecule has 1 aromatic rings. The van der Waals surface area contributed by atoms with E-state index in [0.717, 1.165) is 18.9 Å². The van der Waals surface area contributed by atoms with Crippen LogP contribution in [0, 0.1) is 17.7 Å². The number of rotatable bonds is 6. The molecule has 9 nitrogen and oxygen atoms in total. The van der Waals surface area contributed by atoms with Crippen LogP contribution in [0.25, 0.3) is 0 Å². The van der Waals surface area contributed by atoms with Crippen molar-refractivity contribution in [1.29, 1.82) is 0 Å². The number of nitrogens with one attached hydrogen (secondary N) is 1. The number of unbranched alkanes of at least 4 members (excludes halogenated alkanes) is 1. The largest absolute Gasteiger partial charge is 0.465 e. The monoisotopic (exact) mass is 434 g/mol. The lowest BCUT2D eigenvalue weighted by Crippen LogP contribution is -2.35. The fourth-order valence-corrected chi connectivity index (χ4v) is 4.95. The van der Waals surface area contributed by atoms with Crippen molar-refractivity contribution in [3.05, 3.63) is 23.5 Å². The van der Waals surface area contributed by atoms with Gasteiger partial charge in [0.25, 0.3) is 0 Å². The molecule has 0 saturated carbocycles. The Kier molecular flexibility index (Phi) is 5.27. The maximum atomic E-state index is 13.7. The van der Waals surface area contributed by atoms with E-state index in [9.17, 15) is 18.8 Å². The molecule has 10 heteroatoms. The van der Waals surface area contributed by atoms with Gasteiger partial charge in [0.05, 0.1) is 42.9 Å². The highest BCUT2D eigenvalue weighted by Crippen LogP contribution is 2.48. The Labute approximate surface area is 177 Å². The summed E-state index contributed by atoms with van der Waals surface area (Å²) in [7, 11) is 0. The number of halogens is 1. The number of ether oxygens (including phenoxy) is 4. The van der Waals surface area contributed by atoms with E-state index in [2.05, 4.69) is 5.32 Å². The van der Waals surface area contributed by atoms with Crippen molar-refractivity contribution in [2.45, 2.75) is 44.5 Å². The molecule has 2 bridgehead atoms. The topological polar surface area (TPSA) is 103 Å². The van der Waals surface area contributed by atoms with Gasteiger partial charge in [-0.15, -0.1) is 0 Å². The van der Waals surface area contributed by atoms with Crippen molar-refractivity contribution in [3.63, 3.8) is 0 Å². The maximum Gasteiger partial charge on any atom is 0.411 e. The van der Waals surface area contributed by atoms with Crippen LogP contribution < -0.4 is 10.1 Å².